The molecule has 2 amide bonds. The standard InChI is InChI=1S/C17H22N4O3/c1-11-6-7-12(16-20-18-10-24-16)8-14(11)19-17(23)21(2)9-13-4-3-5-15(13)22/h6-8,10,13,15,22H,3-5,9H2,1-2H3,(H,19,23). The quantitative estimate of drug-likeness (QED) is 0.899. The third-order valence-corrected chi connectivity index (χ3v) is 4.56. The van der Waals surface area contributed by atoms with Crippen LogP contribution >= 0.6 is 0 Å². The van der Waals surface area contributed by atoms with Crippen LogP contribution in [0.15, 0.2) is 29.0 Å². The number of aromatic nitrogens is 2. The molecule has 7 heteroatoms. The van der Waals surface area contributed by atoms with E-state index in [-0.39, 0.29) is 18.1 Å². The third-order valence-electron chi connectivity index (χ3n) is 4.56. The average molecular weight is 330 g/mol. The summed E-state index contributed by atoms with van der Waals surface area (Å²) in [6, 6.07) is 5.39. The number of benzene rings is 1. The number of carbonyl (C=O) groups excluding carboxylic acids is 1. The van der Waals surface area contributed by atoms with Crippen LogP contribution in [-0.4, -0.2) is 45.9 Å². The zero-order valence-electron chi connectivity index (χ0n) is 13.9. The van der Waals surface area contributed by atoms with E-state index in [2.05, 4.69) is 15.5 Å². The maximum atomic E-state index is 12.4. The number of aliphatic hydroxyl groups is 1. The van der Waals surface area contributed by atoms with Gasteiger partial charge in [0.15, 0.2) is 0 Å². The SMILES string of the molecule is Cc1ccc(-c2nnco2)cc1NC(=O)N(C)CC1CCCC1O. The number of rotatable bonds is 4. The first kappa shape index (κ1) is 16.4. The molecule has 1 heterocycles. The fraction of sp³-hybridized carbons (Fsp3) is 0.471. The lowest BCUT2D eigenvalue weighted by Gasteiger charge is -2.24. The van der Waals surface area contributed by atoms with Gasteiger partial charge in [-0.25, -0.2) is 4.79 Å². The monoisotopic (exact) mass is 330 g/mol. The largest absolute Gasteiger partial charge is 0.423 e. The number of carbonyl (C=O) groups is 1. The molecule has 24 heavy (non-hydrogen) atoms. The van der Waals surface area contributed by atoms with Crippen molar-refractivity contribution in [2.75, 3.05) is 18.9 Å². The molecule has 0 spiro atoms. The molecule has 1 fully saturated rings. The van der Waals surface area contributed by atoms with Crippen molar-refractivity contribution < 1.29 is 14.3 Å². The smallest absolute Gasteiger partial charge is 0.321 e. The van der Waals surface area contributed by atoms with Gasteiger partial charge in [0.25, 0.3) is 0 Å². The molecule has 2 aromatic rings. The minimum atomic E-state index is -0.303. The summed E-state index contributed by atoms with van der Waals surface area (Å²) in [7, 11) is 1.75. The molecule has 1 aromatic carbocycles. The van der Waals surface area contributed by atoms with E-state index in [0.717, 1.165) is 30.4 Å². The highest BCUT2D eigenvalue weighted by Gasteiger charge is 2.27. The van der Waals surface area contributed by atoms with Crippen molar-refractivity contribution in [3.05, 3.63) is 30.2 Å². The molecule has 2 N–H and O–H groups in total. The van der Waals surface area contributed by atoms with Crippen molar-refractivity contribution >= 4 is 11.7 Å². The van der Waals surface area contributed by atoms with E-state index in [4.69, 9.17) is 4.42 Å². The van der Waals surface area contributed by atoms with Crippen molar-refractivity contribution in [3.8, 4) is 11.5 Å². The van der Waals surface area contributed by atoms with Gasteiger partial charge in [-0.3, -0.25) is 0 Å². The van der Waals surface area contributed by atoms with Gasteiger partial charge in [-0.05, 0) is 37.5 Å². The lowest BCUT2D eigenvalue weighted by atomic mass is 10.1. The first-order valence-electron chi connectivity index (χ1n) is 8.12. The van der Waals surface area contributed by atoms with Crippen LogP contribution in [0.2, 0.25) is 0 Å². The molecule has 0 aliphatic heterocycles. The van der Waals surface area contributed by atoms with Gasteiger partial charge in [0.1, 0.15) is 0 Å². The summed E-state index contributed by atoms with van der Waals surface area (Å²) in [6.07, 6.45) is 3.78. The Balaban J connectivity index is 1.68. The summed E-state index contributed by atoms with van der Waals surface area (Å²) in [5, 5.41) is 20.4. The molecular weight excluding hydrogens is 308 g/mol. The van der Waals surface area contributed by atoms with Crippen molar-refractivity contribution in [2.45, 2.75) is 32.3 Å². The van der Waals surface area contributed by atoms with Crippen LogP contribution in [0.5, 0.6) is 0 Å². The molecule has 1 aliphatic rings. The van der Waals surface area contributed by atoms with Gasteiger partial charge in [-0.1, -0.05) is 12.5 Å². The van der Waals surface area contributed by atoms with Gasteiger partial charge >= 0.3 is 6.03 Å². The number of nitrogens with one attached hydrogen (secondary N) is 1. The second kappa shape index (κ2) is 7.00. The zero-order valence-corrected chi connectivity index (χ0v) is 13.9. The summed E-state index contributed by atoms with van der Waals surface area (Å²) in [4.78, 5) is 14.1. The Labute approximate surface area is 140 Å². The Morgan fingerprint density at radius 2 is 2.29 bits per heavy atom. The summed E-state index contributed by atoms with van der Waals surface area (Å²) in [5.74, 6) is 0.569. The number of aryl methyl sites for hydroxylation is 1. The molecule has 128 valence electrons. The number of amides is 2. The lowest BCUT2D eigenvalue weighted by molar-refractivity contribution is 0.116. The van der Waals surface area contributed by atoms with E-state index in [1.165, 1.54) is 6.39 Å². The molecular formula is C17H22N4O3. The molecule has 0 saturated heterocycles. The minimum Gasteiger partial charge on any atom is -0.423 e. The van der Waals surface area contributed by atoms with Crippen LogP contribution in [0.4, 0.5) is 10.5 Å². The Hall–Kier alpha value is -2.41. The molecule has 2 atom stereocenters. The molecule has 3 rings (SSSR count). The molecule has 0 radical (unpaired) electrons. The van der Waals surface area contributed by atoms with Crippen LogP contribution in [0.25, 0.3) is 11.5 Å². The molecule has 7 nitrogen and oxygen atoms in total. The Bertz CT molecular complexity index is 702. The van der Waals surface area contributed by atoms with Crippen LogP contribution in [0.3, 0.4) is 0 Å². The highest BCUT2D eigenvalue weighted by Crippen LogP contribution is 2.27. The third kappa shape index (κ3) is 3.56. The molecule has 1 aromatic heterocycles. The van der Waals surface area contributed by atoms with Crippen LogP contribution < -0.4 is 5.32 Å². The van der Waals surface area contributed by atoms with E-state index in [0.29, 0.717) is 18.1 Å². The van der Waals surface area contributed by atoms with Crippen molar-refractivity contribution in [1.29, 1.82) is 0 Å². The van der Waals surface area contributed by atoms with E-state index in [1.807, 2.05) is 25.1 Å². The minimum absolute atomic E-state index is 0.159. The number of urea groups is 1. The van der Waals surface area contributed by atoms with Gasteiger partial charge in [0.2, 0.25) is 12.3 Å². The van der Waals surface area contributed by atoms with Crippen LogP contribution in [0, 0.1) is 12.8 Å². The topological polar surface area (TPSA) is 91.5 Å². The number of aliphatic hydroxyl groups excluding tert-OH is 1. The predicted molar refractivity (Wildman–Crippen MR) is 89.5 cm³/mol. The maximum absolute atomic E-state index is 12.4. The van der Waals surface area contributed by atoms with E-state index in [1.54, 1.807) is 11.9 Å². The maximum Gasteiger partial charge on any atom is 0.321 e. The zero-order chi connectivity index (χ0) is 17.1. The van der Waals surface area contributed by atoms with Gasteiger partial charge in [0.05, 0.1) is 6.10 Å². The lowest BCUT2D eigenvalue weighted by Crippen LogP contribution is -2.37. The highest BCUT2D eigenvalue weighted by atomic mass is 16.4. The first-order chi connectivity index (χ1) is 11.5. The molecule has 1 aliphatic carbocycles. The molecule has 0 bridgehead atoms. The summed E-state index contributed by atoms with van der Waals surface area (Å²) in [6.45, 7) is 2.48. The Kier molecular flexibility index (Phi) is 4.80. The van der Waals surface area contributed by atoms with Gasteiger partial charge in [-0.2, -0.15) is 0 Å². The Morgan fingerprint density at radius 1 is 1.46 bits per heavy atom. The molecule has 2 unspecified atom stereocenters. The summed E-state index contributed by atoms with van der Waals surface area (Å²) in [5.41, 5.74) is 2.40. The number of hydrogen-bond donors (Lipinski definition) is 2. The first-order valence-corrected chi connectivity index (χ1v) is 8.12. The van der Waals surface area contributed by atoms with Gasteiger partial charge in [0, 0.05) is 30.8 Å². The van der Waals surface area contributed by atoms with E-state index in [9.17, 15) is 9.90 Å². The van der Waals surface area contributed by atoms with E-state index < -0.39 is 0 Å². The van der Waals surface area contributed by atoms with Gasteiger partial charge < -0.3 is 19.7 Å². The normalized spacial score (nSPS) is 20.1. The van der Waals surface area contributed by atoms with Crippen molar-refractivity contribution in [3.63, 3.8) is 0 Å². The summed E-state index contributed by atoms with van der Waals surface area (Å²) >= 11 is 0. The van der Waals surface area contributed by atoms with Crippen LogP contribution in [0.1, 0.15) is 24.8 Å². The number of hydrogen-bond acceptors (Lipinski definition) is 5. The Morgan fingerprint density at radius 3 is 2.96 bits per heavy atom. The predicted octanol–water partition coefficient (Wildman–Crippen LogP) is 2.67. The van der Waals surface area contributed by atoms with E-state index >= 15 is 0 Å². The fourth-order valence-corrected chi connectivity index (χ4v) is 3.06. The summed E-state index contributed by atoms with van der Waals surface area (Å²) < 4.78 is 5.19. The second-order valence-corrected chi connectivity index (χ2v) is 6.34. The van der Waals surface area contributed by atoms with Crippen LogP contribution in [-0.2, 0) is 0 Å². The fourth-order valence-electron chi connectivity index (χ4n) is 3.06. The van der Waals surface area contributed by atoms with Gasteiger partial charge in [-0.15, -0.1) is 10.2 Å². The number of nitrogens with zero attached hydrogens (tertiary/aromatic N) is 3. The van der Waals surface area contributed by atoms with Crippen molar-refractivity contribution in [1.82, 2.24) is 15.1 Å². The second-order valence-electron chi connectivity index (χ2n) is 6.34. The molecule has 1 saturated carbocycles. The van der Waals surface area contributed by atoms with Crippen molar-refractivity contribution in [2.24, 2.45) is 5.92 Å². The number of anilines is 1. The average Bonchev–Trinajstić information content (AvgIpc) is 3.22. The highest BCUT2D eigenvalue weighted by molar-refractivity contribution is 5.90.